The van der Waals surface area contributed by atoms with E-state index in [0.717, 1.165) is 25.1 Å². The van der Waals surface area contributed by atoms with Gasteiger partial charge in [0.1, 0.15) is 11.8 Å². The van der Waals surface area contributed by atoms with Gasteiger partial charge >= 0.3 is 0 Å². The molecule has 1 saturated heterocycles. The fraction of sp³-hybridized carbons (Fsp3) is 0.417. The minimum Gasteiger partial charge on any atom is -0.405 e. The van der Waals surface area contributed by atoms with Crippen LogP contribution in [0.25, 0.3) is 0 Å². The Morgan fingerprint density at radius 1 is 1.44 bits per heavy atom. The summed E-state index contributed by atoms with van der Waals surface area (Å²) >= 11 is 0. The quantitative estimate of drug-likeness (QED) is 0.833. The number of nitrogens with zero attached hydrogens (tertiary/aromatic N) is 1. The van der Waals surface area contributed by atoms with Gasteiger partial charge < -0.3 is 10.6 Å². The van der Waals surface area contributed by atoms with Crippen molar-refractivity contribution in [2.75, 3.05) is 6.54 Å². The van der Waals surface area contributed by atoms with Crippen LogP contribution >= 0.6 is 0 Å². The second-order valence-electron chi connectivity index (χ2n) is 4.11. The van der Waals surface area contributed by atoms with Gasteiger partial charge in [-0.1, -0.05) is 17.7 Å². The molecule has 1 heterocycles. The van der Waals surface area contributed by atoms with Crippen LogP contribution < -0.4 is 10.6 Å². The standard InChI is InChI=1S/C12H16N2O2/c1-9-4-6-10(7-5-9)16-14-8-2-3-11(14)12(13)15/h4-7,11H,2-3,8H2,1H3,(H2,13,15). The molecule has 4 heteroatoms. The van der Waals surface area contributed by atoms with Crippen LogP contribution in [0.1, 0.15) is 18.4 Å². The monoisotopic (exact) mass is 220 g/mol. The Labute approximate surface area is 94.9 Å². The molecule has 2 rings (SSSR count). The number of aryl methyl sites for hydroxylation is 1. The summed E-state index contributed by atoms with van der Waals surface area (Å²) in [4.78, 5) is 16.8. The summed E-state index contributed by atoms with van der Waals surface area (Å²) in [6.45, 7) is 2.77. The first kappa shape index (κ1) is 11.0. The predicted molar refractivity (Wildman–Crippen MR) is 60.7 cm³/mol. The summed E-state index contributed by atoms with van der Waals surface area (Å²) in [5.41, 5.74) is 6.49. The van der Waals surface area contributed by atoms with Crippen LogP contribution in [-0.2, 0) is 4.79 Å². The highest BCUT2D eigenvalue weighted by Gasteiger charge is 2.30. The van der Waals surface area contributed by atoms with Gasteiger partial charge in [0.25, 0.3) is 0 Å². The van der Waals surface area contributed by atoms with E-state index in [1.807, 2.05) is 31.2 Å². The van der Waals surface area contributed by atoms with Crippen molar-refractivity contribution in [1.29, 1.82) is 0 Å². The molecule has 0 spiro atoms. The topological polar surface area (TPSA) is 55.6 Å². The third-order valence-corrected chi connectivity index (χ3v) is 2.78. The molecule has 0 bridgehead atoms. The molecule has 0 radical (unpaired) electrons. The van der Waals surface area contributed by atoms with Crippen LogP contribution in [0.15, 0.2) is 24.3 Å². The first-order valence-corrected chi connectivity index (χ1v) is 5.47. The highest BCUT2D eigenvalue weighted by molar-refractivity contribution is 5.79. The fourth-order valence-corrected chi connectivity index (χ4v) is 1.87. The average molecular weight is 220 g/mol. The van der Waals surface area contributed by atoms with Crippen molar-refractivity contribution in [3.63, 3.8) is 0 Å². The summed E-state index contributed by atoms with van der Waals surface area (Å²) in [6.07, 6.45) is 1.72. The summed E-state index contributed by atoms with van der Waals surface area (Å²) in [5, 5.41) is 1.67. The van der Waals surface area contributed by atoms with E-state index < -0.39 is 0 Å². The number of primary amides is 1. The Kier molecular flexibility index (Phi) is 3.10. The minimum atomic E-state index is -0.315. The molecule has 1 atom stereocenters. The van der Waals surface area contributed by atoms with Gasteiger partial charge in [0.2, 0.25) is 5.91 Å². The number of hydrogen-bond donors (Lipinski definition) is 1. The van der Waals surface area contributed by atoms with Crippen LogP contribution in [0.3, 0.4) is 0 Å². The molecular formula is C12H16N2O2. The predicted octanol–water partition coefficient (Wildman–Crippen LogP) is 1.24. The van der Waals surface area contributed by atoms with E-state index in [0.29, 0.717) is 0 Å². The first-order valence-electron chi connectivity index (χ1n) is 5.47. The van der Waals surface area contributed by atoms with Gasteiger partial charge in [-0.05, 0) is 31.9 Å². The van der Waals surface area contributed by atoms with Gasteiger partial charge in [0, 0.05) is 6.54 Å². The maximum absolute atomic E-state index is 11.2. The summed E-state index contributed by atoms with van der Waals surface area (Å²) in [5.74, 6) is 0.434. The number of amides is 1. The number of carbonyl (C=O) groups is 1. The van der Waals surface area contributed by atoms with Crippen LogP contribution in [-0.4, -0.2) is 23.6 Å². The van der Waals surface area contributed by atoms with E-state index >= 15 is 0 Å². The van der Waals surface area contributed by atoms with E-state index in [2.05, 4.69) is 0 Å². The lowest BCUT2D eigenvalue weighted by molar-refractivity contribution is -0.135. The molecule has 2 N–H and O–H groups in total. The zero-order valence-electron chi connectivity index (χ0n) is 9.35. The number of rotatable bonds is 3. The zero-order valence-corrected chi connectivity index (χ0v) is 9.35. The molecule has 1 aliphatic heterocycles. The normalized spacial score (nSPS) is 20.9. The molecule has 1 fully saturated rings. The number of hydrogen-bond acceptors (Lipinski definition) is 3. The third kappa shape index (κ3) is 2.33. The van der Waals surface area contributed by atoms with Crippen LogP contribution in [0, 0.1) is 6.92 Å². The molecule has 4 nitrogen and oxygen atoms in total. The molecule has 1 unspecified atom stereocenters. The lowest BCUT2D eigenvalue weighted by Gasteiger charge is -2.21. The first-order chi connectivity index (χ1) is 7.66. The Balaban J connectivity index is 2.03. The molecular weight excluding hydrogens is 204 g/mol. The number of benzene rings is 1. The second kappa shape index (κ2) is 4.53. The molecule has 0 aromatic heterocycles. The fourth-order valence-electron chi connectivity index (χ4n) is 1.87. The van der Waals surface area contributed by atoms with Gasteiger partial charge in [-0.2, -0.15) is 0 Å². The zero-order chi connectivity index (χ0) is 11.5. The number of nitrogens with two attached hydrogens (primary N) is 1. The van der Waals surface area contributed by atoms with Crippen molar-refractivity contribution in [2.24, 2.45) is 5.73 Å². The molecule has 1 aromatic carbocycles. The van der Waals surface area contributed by atoms with Gasteiger partial charge in [-0.25, -0.2) is 0 Å². The van der Waals surface area contributed by atoms with Gasteiger partial charge in [0.05, 0.1) is 0 Å². The van der Waals surface area contributed by atoms with Gasteiger partial charge in [-0.15, -0.1) is 5.06 Å². The molecule has 1 aromatic rings. The van der Waals surface area contributed by atoms with Crippen LogP contribution in [0.2, 0.25) is 0 Å². The SMILES string of the molecule is Cc1ccc(ON2CCCC2C(N)=O)cc1. The second-order valence-corrected chi connectivity index (χ2v) is 4.11. The van der Waals surface area contributed by atoms with Crippen molar-refractivity contribution < 1.29 is 9.63 Å². The lowest BCUT2D eigenvalue weighted by atomic mass is 10.2. The third-order valence-electron chi connectivity index (χ3n) is 2.78. The van der Waals surface area contributed by atoms with Crippen molar-refractivity contribution in [3.8, 4) is 5.75 Å². The minimum absolute atomic E-state index is 0.290. The highest BCUT2D eigenvalue weighted by atomic mass is 16.7. The summed E-state index contributed by atoms with van der Waals surface area (Å²) in [7, 11) is 0. The summed E-state index contributed by atoms with van der Waals surface area (Å²) in [6, 6.07) is 7.45. The van der Waals surface area contributed by atoms with E-state index in [4.69, 9.17) is 10.6 Å². The van der Waals surface area contributed by atoms with Crippen molar-refractivity contribution in [3.05, 3.63) is 29.8 Å². The van der Waals surface area contributed by atoms with Crippen molar-refractivity contribution in [2.45, 2.75) is 25.8 Å². The molecule has 86 valence electrons. The Morgan fingerprint density at radius 2 is 2.12 bits per heavy atom. The average Bonchev–Trinajstić information content (AvgIpc) is 2.69. The molecule has 1 aliphatic rings. The van der Waals surface area contributed by atoms with E-state index in [9.17, 15) is 4.79 Å². The van der Waals surface area contributed by atoms with Gasteiger partial charge in [0.15, 0.2) is 0 Å². The summed E-state index contributed by atoms with van der Waals surface area (Å²) < 4.78 is 0. The Morgan fingerprint density at radius 3 is 2.75 bits per heavy atom. The van der Waals surface area contributed by atoms with E-state index in [-0.39, 0.29) is 11.9 Å². The number of carbonyl (C=O) groups excluding carboxylic acids is 1. The molecule has 16 heavy (non-hydrogen) atoms. The molecule has 0 saturated carbocycles. The number of hydroxylamine groups is 2. The van der Waals surface area contributed by atoms with Crippen LogP contribution in [0.4, 0.5) is 0 Å². The highest BCUT2D eigenvalue weighted by Crippen LogP contribution is 2.20. The Bertz CT molecular complexity index is 375. The largest absolute Gasteiger partial charge is 0.405 e. The maximum Gasteiger partial charge on any atom is 0.238 e. The molecule has 1 amide bonds. The van der Waals surface area contributed by atoms with E-state index in [1.54, 1.807) is 5.06 Å². The lowest BCUT2D eigenvalue weighted by Crippen LogP contribution is -2.42. The molecule has 0 aliphatic carbocycles. The van der Waals surface area contributed by atoms with E-state index in [1.165, 1.54) is 5.56 Å². The van der Waals surface area contributed by atoms with Crippen LogP contribution in [0.5, 0.6) is 5.75 Å². The van der Waals surface area contributed by atoms with Crippen molar-refractivity contribution in [1.82, 2.24) is 5.06 Å². The smallest absolute Gasteiger partial charge is 0.238 e. The maximum atomic E-state index is 11.2. The van der Waals surface area contributed by atoms with Crippen molar-refractivity contribution >= 4 is 5.91 Å². The Hall–Kier alpha value is -1.55. The van der Waals surface area contributed by atoms with Gasteiger partial charge in [-0.3, -0.25) is 4.79 Å².